The van der Waals surface area contributed by atoms with Crippen molar-refractivity contribution in [1.82, 2.24) is 4.90 Å². The molecular formula is C29H36N2O8. The van der Waals surface area contributed by atoms with Gasteiger partial charge in [-0.3, -0.25) is 9.59 Å². The number of carbonyl (C=O) groups excluding carboxylic acids is 2. The number of Topliss-reactive ketones (excluding diaryl/α,β-unsaturated/α-hetero) is 1. The quantitative estimate of drug-likeness (QED) is 0.265. The minimum absolute atomic E-state index is 0.0961. The van der Waals surface area contributed by atoms with E-state index in [1.165, 1.54) is 31.1 Å². The molecule has 2 heterocycles. The maximum atomic E-state index is 13.9. The summed E-state index contributed by atoms with van der Waals surface area (Å²) in [6.45, 7) is 6.12. The summed E-state index contributed by atoms with van der Waals surface area (Å²) in [5, 5.41) is 13.9. The molecule has 1 unspecified atom stereocenters. The van der Waals surface area contributed by atoms with E-state index in [0.29, 0.717) is 65.9 Å². The second-order valence-corrected chi connectivity index (χ2v) is 9.58. The minimum Gasteiger partial charge on any atom is -0.872 e. The van der Waals surface area contributed by atoms with Gasteiger partial charge >= 0.3 is 0 Å². The first-order chi connectivity index (χ1) is 18.8. The van der Waals surface area contributed by atoms with Crippen LogP contribution in [0, 0.1) is 6.92 Å². The topological polar surface area (TPSA) is 111 Å². The number of hydrogen-bond acceptors (Lipinski definition) is 8. The third-order valence-corrected chi connectivity index (χ3v) is 7.34. The smallest absolute Gasteiger partial charge is 0.295 e. The van der Waals surface area contributed by atoms with Crippen LogP contribution < -0.4 is 29.0 Å². The molecule has 2 aliphatic rings. The number of aryl methyl sites for hydroxylation is 1. The average molecular weight is 541 g/mol. The fourth-order valence-corrected chi connectivity index (χ4v) is 5.28. The number of quaternary nitrogens is 1. The van der Waals surface area contributed by atoms with Crippen molar-refractivity contribution >= 4 is 17.4 Å². The molecule has 1 N–H and O–H groups in total. The first-order valence-electron chi connectivity index (χ1n) is 13.0. The van der Waals surface area contributed by atoms with Crippen molar-refractivity contribution in [2.45, 2.75) is 19.4 Å². The summed E-state index contributed by atoms with van der Waals surface area (Å²) in [6, 6.07) is 7.48. The van der Waals surface area contributed by atoms with E-state index in [0.717, 1.165) is 19.6 Å². The number of carbonyl (C=O) groups is 2. The summed E-state index contributed by atoms with van der Waals surface area (Å²) in [5.74, 6) is -0.286. The molecule has 2 aromatic rings. The Hall–Kier alpha value is -3.76. The summed E-state index contributed by atoms with van der Waals surface area (Å²) in [6.07, 6.45) is 0.665. The molecule has 0 saturated carbocycles. The molecule has 1 atom stereocenters. The van der Waals surface area contributed by atoms with E-state index in [1.807, 2.05) is 0 Å². The van der Waals surface area contributed by atoms with Crippen molar-refractivity contribution < 1.29 is 43.3 Å². The van der Waals surface area contributed by atoms with E-state index in [-0.39, 0.29) is 5.57 Å². The fourth-order valence-electron chi connectivity index (χ4n) is 5.28. The predicted molar refractivity (Wildman–Crippen MR) is 141 cm³/mol. The molecule has 4 rings (SSSR count). The van der Waals surface area contributed by atoms with E-state index in [2.05, 4.69) is 0 Å². The number of amides is 1. The Kier molecular flexibility index (Phi) is 8.98. The van der Waals surface area contributed by atoms with Gasteiger partial charge in [-0.15, -0.1) is 0 Å². The Morgan fingerprint density at radius 2 is 1.67 bits per heavy atom. The lowest BCUT2D eigenvalue weighted by atomic mass is 9.93. The highest BCUT2D eigenvalue weighted by Crippen LogP contribution is 2.45. The molecule has 10 nitrogen and oxygen atoms in total. The van der Waals surface area contributed by atoms with Crippen LogP contribution in [0.25, 0.3) is 5.76 Å². The SMILES string of the molecule is COc1ccc(C([O-])=C2C(=O)C(=O)N(CCC[NH+]3CCOCC3)C2c2cc(OC)c(OC)c(OC)c2)c(C)c1. The maximum absolute atomic E-state index is 13.9. The van der Waals surface area contributed by atoms with Gasteiger partial charge in [-0.25, -0.2) is 0 Å². The van der Waals surface area contributed by atoms with Crippen LogP contribution in [-0.4, -0.2) is 84.4 Å². The lowest BCUT2D eigenvalue weighted by Gasteiger charge is -2.30. The standard InChI is InChI=1S/C29H36N2O8/c1-18-15-20(35-2)7-8-21(18)26(32)24-25(19-16-22(36-3)28(38-5)23(17-19)37-4)31(29(34)27(24)33)10-6-9-30-11-13-39-14-12-30/h7-8,15-17,25,32H,6,9-14H2,1-5H3. The number of ketones is 1. The Labute approximate surface area is 228 Å². The number of benzene rings is 2. The molecular weight excluding hydrogens is 504 g/mol. The Morgan fingerprint density at radius 1 is 1.00 bits per heavy atom. The average Bonchev–Trinajstić information content (AvgIpc) is 3.21. The van der Waals surface area contributed by atoms with Gasteiger partial charge in [0.15, 0.2) is 11.5 Å². The highest BCUT2D eigenvalue weighted by molar-refractivity contribution is 6.46. The van der Waals surface area contributed by atoms with Crippen molar-refractivity contribution in [3.8, 4) is 23.0 Å². The van der Waals surface area contributed by atoms with Crippen molar-refractivity contribution in [1.29, 1.82) is 0 Å². The molecule has 39 heavy (non-hydrogen) atoms. The molecule has 1 amide bonds. The van der Waals surface area contributed by atoms with Gasteiger partial charge in [0.05, 0.1) is 54.2 Å². The third-order valence-electron chi connectivity index (χ3n) is 7.34. The van der Waals surface area contributed by atoms with Crippen molar-refractivity contribution in [3.63, 3.8) is 0 Å². The molecule has 0 radical (unpaired) electrons. The van der Waals surface area contributed by atoms with Gasteiger partial charge in [0.25, 0.3) is 5.91 Å². The maximum Gasteiger partial charge on any atom is 0.295 e. The first-order valence-corrected chi connectivity index (χ1v) is 13.0. The van der Waals surface area contributed by atoms with Gasteiger partial charge in [-0.1, -0.05) is 11.8 Å². The van der Waals surface area contributed by atoms with Gasteiger partial charge in [-0.05, 0) is 47.9 Å². The number of nitrogens with one attached hydrogen (secondary N) is 1. The molecule has 2 saturated heterocycles. The third kappa shape index (κ3) is 5.67. The molecule has 0 bridgehead atoms. The summed E-state index contributed by atoms with van der Waals surface area (Å²) < 4.78 is 27.2. The summed E-state index contributed by atoms with van der Waals surface area (Å²) >= 11 is 0. The zero-order chi connectivity index (χ0) is 28.1. The Bertz CT molecular complexity index is 1230. The highest BCUT2D eigenvalue weighted by Gasteiger charge is 2.44. The van der Waals surface area contributed by atoms with Gasteiger partial charge < -0.3 is 38.6 Å². The van der Waals surface area contributed by atoms with Crippen LogP contribution in [0.1, 0.15) is 29.2 Å². The van der Waals surface area contributed by atoms with Crippen LogP contribution in [-0.2, 0) is 14.3 Å². The molecule has 210 valence electrons. The zero-order valence-electron chi connectivity index (χ0n) is 23.1. The number of ether oxygens (including phenoxy) is 5. The van der Waals surface area contributed by atoms with Crippen LogP contribution in [0.5, 0.6) is 23.0 Å². The molecule has 0 spiro atoms. The molecule has 2 aliphatic heterocycles. The van der Waals surface area contributed by atoms with Crippen LogP contribution in [0.15, 0.2) is 35.9 Å². The number of rotatable bonds is 10. The Morgan fingerprint density at radius 3 is 2.23 bits per heavy atom. The number of nitrogens with zero attached hydrogens (tertiary/aromatic N) is 1. The Balaban J connectivity index is 1.80. The first kappa shape index (κ1) is 28.3. The largest absolute Gasteiger partial charge is 0.872 e. The number of likely N-dealkylation sites (tertiary alicyclic amines) is 1. The van der Waals surface area contributed by atoms with Gasteiger partial charge in [0, 0.05) is 18.5 Å². The van der Waals surface area contributed by atoms with E-state index in [9.17, 15) is 14.7 Å². The predicted octanol–water partition coefficient (Wildman–Crippen LogP) is 0.559. The lowest BCUT2D eigenvalue weighted by molar-refractivity contribution is -0.908. The van der Waals surface area contributed by atoms with Crippen LogP contribution in [0.4, 0.5) is 0 Å². The van der Waals surface area contributed by atoms with E-state index >= 15 is 0 Å². The van der Waals surface area contributed by atoms with E-state index < -0.39 is 23.5 Å². The summed E-state index contributed by atoms with van der Waals surface area (Å²) in [5.41, 5.74) is 1.41. The van der Waals surface area contributed by atoms with Crippen LogP contribution in [0.2, 0.25) is 0 Å². The fraction of sp³-hybridized carbons (Fsp3) is 0.448. The summed E-state index contributed by atoms with van der Waals surface area (Å²) in [7, 11) is 6.02. The lowest BCUT2D eigenvalue weighted by Crippen LogP contribution is -3.14. The van der Waals surface area contributed by atoms with E-state index in [1.54, 1.807) is 44.4 Å². The van der Waals surface area contributed by atoms with Crippen LogP contribution in [0.3, 0.4) is 0 Å². The van der Waals surface area contributed by atoms with Gasteiger partial charge in [0.1, 0.15) is 18.8 Å². The van der Waals surface area contributed by atoms with Crippen molar-refractivity contribution in [3.05, 3.63) is 52.6 Å². The minimum atomic E-state index is -0.910. The number of hydrogen-bond donors (Lipinski definition) is 1. The van der Waals surface area contributed by atoms with Gasteiger partial charge in [-0.2, -0.15) is 0 Å². The second kappa shape index (κ2) is 12.4. The molecule has 2 aromatic carbocycles. The molecule has 10 heteroatoms. The molecule has 0 aliphatic carbocycles. The monoisotopic (exact) mass is 540 g/mol. The molecule has 0 aromatic heterocycles. The highest BCUT2D eigenvalue weighted by atomic mass is 16.5. The van der Waals surface area contributed by atoms with Gasteiger partial charge in [0.2, 0.25) is 11.5 Å². The normalized spacial score (nSPS) is 19.3. The summed E-state index contributed by atoms with van der Waals surface area (Å²) in [4.78, 5) is 29.7. The number of morpholine rings is 1. The van der Waals surface area contributed by atoms with Crippen LogP contribution >= 0.6 is 0 Å². The second-order valence-electron chi connectivity index (χ2n) is 9.58. The molecule has 2 fully saturated rings. The van der Waals surface area contributed by atoms with Crippen molar-refractivity contribution in [2.24, 2.45) is 0 Å². The van der Waals surface area contributed by atoms with E-state index in [4.69, 9.17) is 23.7 Å². The van der Waals surface area contributed by atoms with Crippen molar-refractivity contribution in [2.75, 3.05) is 67.8 Å². The number of methoxy groups -OCH3 is 4. The zero-order valence-corrected chi connectivity index (χ0v) is 23.1.